The van der Waals surface area contributed by atoms with Gasteiger partial charge in [0, 0.05) is 0 Å². The summed E-state index contributed by atoms with van der Waals surface area (Å²) in [5, 5.41) is 2.94. The lowest BCUT2D eigenvalue weighted by molar-refractivity contribution is -0.0400. The molecule has 2 aromatic rings. The fourth-order valence-electron chi connectivity index (χ4n) is 8.77. The summed E-state index contributed by atoms with van der Waals surface area (Å²) < 4.78 is 16.4. The van der Waals surface area contributed by atoms with E-state index in [1.807, 2.05) is 0 Å². The van der Waals surface area contributed by atoms with Crippen LogP contribution in [0.5, 0.6) is 0 Å². The van der Waals surface area contributed by atoms with Gasteiger partial charge in [-0.1, -0.05) is 155 Å². The van der Waals surface area contributed by atoms with E-state index in [4.69, 9.17) is 8.85 Å². The van der Waals surface area contributed by atoms with Gasteiger partial charge < -0.3 is 8.85 Å². The first-order chi connectivity index (χ1) is 20.2. The second-order valence-electron chi connectivity index (χ2n) is 16.3. The molecule has 0 atom stereocenters. The number of fused-ring (bicyclic) bond motifs is 1. The summed E-state index contributed by atoms with van der Waals surface area (Å²) in [5.41, 5.74) is 8.48. The Morgan fingerprint density at radius 3 is 0.907 bits per heavy atom. The van der Waals surface area contributed by atoms with Crippen molar-refractivity contribution < 1.29 is 8.85 Å². The van der Waals surface area contributed by atoms with Crippen LogP contribution in [0.3, 0.4) is 0 Å². The highest BCUT2D eigenvalue weighted by Gasteiger charge is 2.63. The minimum atomic E-state index is -3.20. The number of rotatable bonds is 8. The van der Waals surface area contributed by atoms with Crippen molar-refractivity contribution in [3.8, 4) is 0 Å². The van der Waals surface area contributed by atoms with Crippen LogP contribution < -0.4 is 10.4 Å². The van der Waals surface area contributed by atoms with Crippen LogP contribution in [0.1, 0.15) is 203 Å². The highest BCUT2D eigenvalue weighted by atomic mass is 28.4. The number of hydrogen-bond acceptors (Lipinski definition) is 2. The topological polar surface area (TPSA) is 18.5 Å². The minimum Gasteiger partial charge on any atom is -0.532 e. The molecule has 1 saturated heterocycles. The smallest absolute Gasteiger partial charge is 0.192 e. The minimum absolute atomic E-state index is 0.159. The van der Waals surface area contributed by atoms with Crippen LogP contribution in [-0.4, -0.2) is 19.8 Å². The molecular weight excluding hydrogens is 541 g/mol. The van der Waals surface area contributed by atoms with E-state index >= 15 is 0 Å². The van der Waals surface area contributed by atoms with Crippen molar-refractivity contribution in [3.05, 3.63) is 57.6 Å². The van der Waals surface area contributed by atoms with E-state index in [1.54, 1.807) is 0 Å². The maximum absolute atomic E-state index is 8.19. The second kappa shape index (κ2) is 12.1. The van der Waals surface area contributed by atoms with Gasteiger partial charge in [-0.15, -0.1) is 10.4 Å². The van der Waals surface area contributed by atoms with Crippen LogP contribution in [0.2, 0.25) is 0 Å². The zero-order chi connectivity index (χ0) is 31.5. The van der Waals surface area contributed by atoms with Crippen molar-refractivity contribution in [2.45, 2.75) is 181 Å². The van der Waals surface area contributed by atoms with Crippen LogP contribution >= 0.6 is 0 Å². The molecule has 3 heteroatoms. The van der Waals surface area contributed by atoms with E-state index in [9.17, 15) is 0 Å². The first-order valence-electron chi connectivity index (χ1n) is 18.0. The summed E-state index contributed by atoms with van der Waals surface area (Å²) in [6.45, 7) is 28.6. The van der Waals surface area contributed by atoms with Crippen LogP contribution in [0.4, 0.5) is 0 Å². The van der Waals surface area contributed by atoms with Crippen molar-refractivity contribution in [2.75, 3.05) is 0 Å². The van der Waals surface area contributed by atoms with Gasteiger partial charge in [-0.25, -0.2) is 0 Å². The monoisotopic (exact) mass is 602 g/mol. The molecule has 0 N–H and O–H groups in total. The van der Waals surface area contributed by atoms with Crippen molar-refractivity contribution in [3.63, 3.8) is 0 Å². The van der Waals surface area contributed by atoms with E-state index < -0.39 is 8.56 Å². The van der Waals surface area contributed by atoms with Gasteiger partial charge in [-0.2, -0.15) is 0 Å². The molecule has 43 heavy (non-hydrogen) atoms. The lowest BCUT2D eigenvalue weighted by Crippen LogP contribution is -2.66. The van der Waals surface area contributed by atoms with E-state index in [2.05, 4.69) is 107 Å². The molecule has 0 aromatic heterocycles. The predicted molar refractivity (Wildman–Crippen MR) is 187 cm³/mol. The summed E-state index contributed by atoms with van der Waals surface area (Å²) in [6, 6.07) is 10.2. The molecular formula is C40H62O2Si-. The van der Waals surface area contributed by atoms with Gasteiger partial charge in [0.2, 0.25) is 0 Å². The SMILES string of the molecule is CC(C)c1cc(C(C)C)c([Si-]2(c3c(C(C)C)cc(C(C)C)cc3C(C)C)OC3(CCCC3)C3(CCCC3)O2)c(C(C)C)c1. The number of benzene rings is 2. The lowest BCUT2D eigenvalue weighted by Gasteiger charge is -2.49. The van der Waals surface area contributed by atoms with Crippen LogP contribution in [0.15, 0.2) is 24.3 Å². The van der Waals surface area contributed by atoms with Crippen LogP contribution in [0, 0.1) is 0 Å². The molecule has 2 saturated carbocycles. The van der Waals surface area contributed by atoms with Gasteiger partial charge in [0.15, 0.2) is 8.56 Å². The van der Waals surface area contributed by atoms with Crippen LogP contribution in [-0.2, 0) is 8.85 Å². The molecule has 2 aromatic carbocycles. The maximum Gasteiger partial charge on any atom is 0.192 e. The molecule has 3 fully saturated rings. The van der Waals surface area contributed by atoms with Gasteiger partial charge in [-0.05, 0) is 72.3 Å². The zero-order valence-electron chi connectivity index (χ0n) is 29.7. The molecule has 2 aliphatic carbocycles. The molecule has 0 unspecified atom stereocenters. The molecule has 0 bridgehead atoms. The number of hydrogen-bond donors (Lipinski definition) is 0. The molecule has 3 aliphatic rings. The Hall–Kier alpha value is -1.42. The largest absolute Gasteiger partial charge is 0.532 e. The Kier molecular flexibility index (Phi) is 9.25. The average molecular weight is 603 g/mol. The quantitative estimate of drug-likeness (QED) is 0.280. The lowest BCUT2D eigenvalue weighted by atomic mass is 9.80. The third-order valence-corrected chi connectivity index (χ3v) is 15.1. The molecule has 1 heterocycles. The van der Waals surface area contributed by atoms with E-state index in [0.29, 0.717) is 35.5 Å². The molecule has 1 aliphatic heterocycles. The summed E-state index contributed by atoms with van der Waals surface area (Å²) in [5.74, 6) is 2.53. The molecule has 0 radical (unpaired) electrons. The first-order valence-corrected chi connectivity index (χ1v) is 19.8. The molecule has 239 valence electrons. The van der Waals surface area contributed by atoms with Crippen molar-refractivity contribution in [1.29, 1.82) is 0 Å². The zero-order valence-corrected chi connectivity index (χ0v) is 30.7. The Morgan fingerprint density at radius 1 is 0.442 bits per heavy atom. The van der Waals surface area contributed by atoms with E-state index in [-0.39, 0.29) is 11.2 Å². The fraction of sp³-hybridized carbons (Fsp3) is 0.700. The van der Waals surface area contributed by atoms with Gasteiger partial charge in [0.25, 0.3) is 0 Å². The van der Waals surface area contributed by atoms with Crippen LogP contribution in [0.25, 0.3) is 0 Å². The maximum atomic E-state index is 8.19. The highest BCUT2D eigenvalue weighted by Crippen LogP contribution is 2.58. The highest BCUT2D eigenvalue weighted by molar-refractivity contribution is 6.94. The van der Waals surface area contributed by atoms with Crippen molar-refractivity contribution in [1.82, 2.24) is 0 Å². The average Bonchev–Trinajstić information content (AvgIpc) is 3.68. The Balaban J connectivity index is 1.98. The molecule has 2 nitrogen and oxygen atoms in total. The molecule has 2 spiro atoms. The van der Waals surface area contributed by atoms with Gasteiger partial charge in [-0.3, -0.25) is 0 Å². The Bertz CT molecular complexity index is 1140. The molecule has 0 amide bonds. The summed E-state index contributed by atoms with van der Waals surface area (Å²) in [6.07, 6.45) is 9.64. The molecule has 5 rings (SSSR count). The van der Waals surface area contributed by atoms with Gasteiger partial charge in [0.1, 0.15) is 0 Å². The van der Waals surface area contributed by atoms with Crippen molar-refractivity contribution >= 4 is 18.9 Å². The van der Waals surface area contributed by atoms with E-state index in [0.717, 1.165) is 25.7 Å². The third-order valence-electron chi connectivity index (χ3n) is 11.3. The van der Waals surface area contributed by atoms with Gasteiger partial charge >= 0.3 is 0 Å². The van der Waals surface area contributed by atoms with Crippen molar-refractivity contribution in [2.24, 2.45) is 0 Å². The first kappa shape index (κ1) is 33.0. The summed E-state index contributed by atoms with van der Waals surface area (Å²) in [7, 11) is -3.20. The summed E-state index contributed by atoms with van der Waals surface area (Å²) in [4.78, 5) is 0. The summed E-state index contributed by atoms with van der Waals surface area (Å²) >= 11 is 0. The normalized spacial score (nSPS) is 21.0. The van der Waals surface area contributed by atoms with E-state index in [1.165, 1.54) is 69.4 Å². The Morgan fingerprint density at radius 2 is 0.698 bits per heavy atom. The van der Waals surface area contributed by atoms with Gasteiger partial charge in [0.05, 0.1) is 11.2 Å². The standard InChI is InChI=1S/C40H62O2Si/c1-25(2)31-21-33(27(5)6)37(34(22-31)28(7)8)43(41-39(17-13-14-18-39)40(42-43)19-15-16-20-40)38-35(29(9)10)23-32(26(3)4)24-36(38)30(11)12/h21-30H,13-20H2,1-12H3/q-1. The predicted octanol–water partition coefficient (Wildman–Crippen LogP) is 10.7. The fourth-order valence-corrected chi connectivity index (χ4v) is 14.3. The third kappa shape index (κ3) is 5.42. The second-order valence-corrected chi connectivity index (χ2v) is 18.9. The Labute approximate surface area is 266 Å².